The summed E-state index contributed by atoms with van der Waals surface area (Å²) in [6.07, 6.45) is -4.28. The molecule has 110 valence electrons. The first-order valence-corrected chi connectivity index (χ1v) is 6.48. The lowest BCUT2D eigenvalue weighted by molar-refractivity contribution is -0.138. The topological polar surface area (TPSA) is 29.5 Å². The SMILES string of the molecule is CCC(=O)N1CCO[C@@H](c2ccc(C(F)(F)F)cc2)C1. The Morgan fingerprint density at radius 3 is 2.55 bits per heavy atom. The van der Waals surface area contributed by atoms with Crippen LogP contribution in [-0.2, 0) is 15.7 Å². The number of ether oxygens (including phenoxy) is 1. The predicted molar refractivity (Wildman–Crippen MR) is 67.0 cm³/mol. The number of benzene rings is 1. The summed E-state index contributed by atoms with van der Waals surface area (Å²) in [6, 6.07) is 4.90. The van der Waals surface area contributed by atoms with Crippen molar-refractivity contribution in [1.82, 2.24) is 4.90 Å². The average molecular weight is 287 g/mol. The van der Waals surface area contributed by atoms with E-state index in [0.717, 1.165) is 12.1 Å². The molecule has 1 saturated heterocycles. The quantitative estimate of drug-likeness (QED) is 0.837. The molecule has 1 fully saturated rings. The Kier molecular flexibility index (Phi) is 4.32. The molecule has 2 rings (SSSR count). The monoisotopic (exact) mass is 287 g/mol. The molecule has 6 heteroatoms. The maximum atomic E-state index is 12.5. The average Bonchev–Trinajstić information content (AvgIpc) is 2.46. The molecule has 1 aliphatic heterocycles. The summed E-state index contributed by atoms with van der Waals surface area (Å²) in [7, 11) is 0. The highest BCUT2D eigenvalue weighted by Gasteiger charge is 2.31. The molecule has 3 nitrogen and oxygen atoms in total. The normalized spacial score (nSPS) is 20.0. The van der Waals surface area contributed by atoms with E-state index in [4.69, 9.17) is 4.74 Å². The van der Waals surface area contributed by atoms with E-state index in [0.29, 0.717) is 31.7 Å². The fourth-order valence-electron chi connectivity index (χ4n) is 2.19. The smallest absolute Gasteiger partial charge is 0.370 e. The highest BCUT2D eigenvalue weighted by atomic mass is 19.4. The van der Waals surface area contributed by atoms with Crippen LogP contribution in [0.15, 0.2) is 24.3 Å². The fourth-order valence-corrected chi connectivity index (χ4v) is 2.19. The lowest BCUT2D eigenvalue weighted by Gasteiger charge is -2.33. The second kappa shape index (κ2) is 5.83. The molecule has 20 heavy (non-hydrogen) atoms. The van der Waals surface area contributed by atoms with Gasteiger partial charge in [-0.1, -0.05) is 19.1 Å². The lowest BCUT2D eigenvalue weighted by Crippen LogP contribution is -2.41. The molecule has 0 N–H and O–H groups in total. The van der Waals surface area contributed by atoms with Crippen LogP contribution in [0.1, 0.15) is 30.6 Å². The van der Waals surface area contributed by atoms with Gasteiger partial charge in [-0.15, -0.1) is 0 Å². The third-order valence-corrected chi connectivity index (χ3v) is 3.33. The van der Waals surface area contributed by atoms with Crippen molar-refractivity contribution in [2.75, 3.05) is 19.7 Å². The zero-order chi connectivity index (χ0) is 14.8. The van der Waals surface area contributed by atoms with Gasteiger partial charge in [-0.2, -0.15) is 13.2 Å². The van der Waals surface area contributed by atoms with E-state index in [2.05, 4.69) is 0 Å². The first kappa shape index (κ1) is 14.8. The van der Waals surface area contributed by atoms with E-state index in [-0.39, 0.29) is 12.0 Å². The first-order chi connectivity index (χ1) is 9.41. The van der Waals surface area contributed by atoms with Crippen LogP contribution in [0.3, 0.4) is 0 Å². The standard InChI is InChI=1S/C14H16F3NO2/c1-2-13(19)18-7-8-20-12(9-18)10-3-5-11(6-4-10)14(15,16)17/h3-6,12H,2,7-9H2,1H3/t12-/m1/s1. The van der Waals surface area contributed by atoms with Gasteiger partial charge in [-0.3, -0.25) is 4.79 Å². The number of halogens is 3. The number of hydrogen-bond donors (Lipinski definition) is 0. The minimum absolute atomic E-state index is 0.0326. The molecular weight excluding hydrogens is 271 g/mol. The second-order valence-electron chi connectivity index (χ2n) is 4.67. The van der Waals surface area contributed by atoms with Crippen LogP contribution >= 0.6 is 0 Å². The van der Waals surface area contributed by atoms with Gasteiger partial charge in [0.1, 0.15) is 6.10 Å². The summed E-state index contributed by atoms with van der Waals surface area (Å²) in [5, 5.41) is 0. The predicted octanol–water partition coefficient (Wildman–Crippen LogP) is 3.02. The summed E-state index contributed by atoms with van der Waals surface area (Å²) < 4.78 is 43.0. The lowest BCUT2D eigenvalue weighted by atomic mass is 10.0. The maximum Gasteiger partial charge on any atom is 0.416 e. The van der Waals surface area contributed by atoms with E-state index in [9.17, 15) is 18.0 Å². The van der Waals surface area contributed by atoms with Gasteiger partial charge in [0.05, 0.1) is 18.7 Å². The minimum atomic E-state index is -4.34. The molecular formula is C14H16F3NO2. The molecule has 0 unspecified atom stereocenters. The van der Waals surface area contributed by atoms with Crippen LogP contribution < -0.4 is 0 Å². The van der Waals surface area contributed by atoms with Gasteiger partial charge in [-0.05, 0) is 17.7 Å². The highest BCUT2D eigenvalue weighted by Crippen LogP contribution is 2.31. The largest absolute Gasteiger partial charge is 0.416 e. The molecule has 0 radical (unpaired) electrons. The number of carbonyl (C=O) groups is 1. The van der Waals surface area contributed by atoms with E-state index in [1.807, 2.05) is 0 Å². The van der Waals surface area contributed by atoms with E-state index in [1.165, 1.54) is 12.1 Å². The molecule has 0 spiro atoms. The Bertz CT molecular complexity index is 470. The van der Waals surface area contributed by atoms with Crippen molar-refractivity contribution < 1.29 is 22.7 Å². The molecule has 1 aromatic carbocycles. The van der Waals surface area contributed by atoms with E-state index >= 15 is 0 Å². The molecule has 1 heterocycles. The molecule has 0 bridgehead atoms. The highest BCUT2D eigenvalue weighted by molar-refractivity contribution is 5.75. The fraction of sp³-hybridized carbons (Fsp3) is 0.500. The molecule has 1 aliphatic rings. The van der Waals surface area contributed by atoms with Crippen molar-refractivity contribution in [3.8, 4) is 0 Å². The Morgan fingerprint density at radius 1 is 1.35 bits per heavy atom. The van der Waals surface area contributed by atoms with Gasteiger partial charge in [0.2, 0.25) is 5.91 Å². The Morgan fingerprint density at radius 2 is 2.00 bits per heavy atom. The Hall–Kier alpha value is -1.56. The molecule has 0 aromatic heterocycles. The van der Waals surface area contributed by atoms with Gasteiger partial charge < -0.3 is 9.64 Å². The van der Waals surface area contributed by atoms with Gasteiger partial charge in [0.15, 0.2) is 0 Å². The Balaban J connectivity index is 2.09. The van der Waals surface area contributed by atoms with Gasteiger partial charge in [0, 0.05) is 13.0 Å². The molecule has 0 saturated carbocycles. The van der Waals surface area contributed by atoms with Crippen molar-refractivity contribution in [2.45, 2.75) is 25.6 Å². The minimum Gasteiger partial charge on any atom is -0.370 e. The molecule has 0 aliphatic carbocycles. The second-order valence-corrected chi connectivity index (χ2v) is 4.67. The van der Waals surface area contributed by atoms with Gasteiger partial charge in [0.25, 0.3) is 0 Å². The molecule has 1 atom stereocenters. The van der Waals surface area contributed by atoms with Crippen molar-refractivity contribution in [3.05, 3.63) is 35.4 Å². The van der Waals surface area contributed by atoms with Crippen LogP contribution in [0.5, 0.6) is 0 Å². The molecule has 1 amide bonds. The van der Waals surface area contributed by atoms with Crippen LogP contribution in [0.25, 0.3) is 0 Å². The molecule has 1 aromatic rings. The van der Waals surface area contributed by atoms with Crippen molar-refractivity contribution >= 4 is 5.91 Å². The summed E-state index contributed by atoms with van der Waals surface area (Å²) >= 11 is 0. The zero-order valence-electron chi connectivity index (χ0n) is 11.1. The number of amides is 1. The summed E-state index contributed by atoms with van der Waals surface area (Å²) in [6.45, 7) is 3.10. The number of nitrogens with zero attached hydrogens (tertiary/aromatic N) is 1. The van der Waals surface area contributed by atoms with E-state index < -0.39 is 11.7 Å². The van der Waals surface area contributed by atoms with Crippen molar-refractivity contribution in [2.24, 2.45) is 0 Å². The number of carbonyl (C=O) groups excluding carboxylic acids is 1. The van der Waals surface area contributed by atoms with Crippen LogP contribution in [0.4, 0.5) is 13.2 Å². The van der Waals surface area contributed by atoms with Crippen LogP contribution in [0.2, 0.25) is 0 Å². The summed E-state index contributed by atoms with van der Waals surface area (Å²) in [4.78, 5) is 13.3. The van der Waals surface area contributed by atoms with Crippen molar-refractivity contribution in [3.63, 3.8) is 0 Å². The summed E-state index contributed by atoms with van der Waals surface area (Å²) in [5.74, 6) is 0.0326. The first-order valence-electron chi connectivity index (χ1n) is 6.48. The van der Waals surface area contributed by atoms with Crippen LogP contribution in [-0.4, -0.2) is 30.5 Å². The van der Waals surface area contributed by atoms with Gasteiger partial charge in [-0.25, -0.2) is 0 Å². The van der Waals surface area contributed by atoms with Gasteiger partial charge >= 0.3 is 6.18 Å². The summed E-state index contributed by atoms with van der Waals surface area (Å²) in [5.41, 5.74) is -0.0230. The number of rotatable bonds is 2. The van der Waals surface area contributed by atoms with Crippen molar-refractivity contribution in [1.29, 1.82) is 0 Å². The third kappa shape index (κ3) is 3.30. The number of alkyl halides is 3. The maximum absolute atomic E-state index is 12.5. The Labute approximate surface area is 115 Å². The van der Waals surface area contributed by atoms with E-state index in [1.54, 1.807) is 11.8 Å². The third-order valence-electron chi connectivity index (χ3n) is 3.33. The zero-order valence-corrected chi connectivity index (χ0v) is 11.1. The number of hydrogen-bond acceptors (Lipinski definition) is 2. The number of morpholine rings is 1. The van der Waals surface area contributed by atoms with Crippen LogP contribution in [0, 0.1) is 0 Å².